The predicted octanol–water partition coefficient (Wildman–Crippen LogP) is 2.76. The Labute approximate surface area is 105 Å². The van der Waals surface area contributed by atoms with Crippen LogP contribution in [0.2, 0.25) is 0 Å². The van der Waals surface area contributed by atoms with E-state index in [-0.39, 0.29) is 0 Å². The zero-order valence-electron chi connectivity index (χ0n) is 8.92. The lowest BCUT2D eigenvalue weighted by Crippen LogP contribution is -1.91. The molecule has 0 aliphatic heterocycles. The lowest BCUT2D eigenvalue weighted by Gasteiger charge is -2.01. The third-order valence-electron chi connectivity index (χ3n) is 2.41. The maximum Gasteiger partial charge on any atom is 0.204 e. The number of pyridine rings is 1. The molecular formula is C11H8BrN3O2. The van der Waals surface area contributed by atoms with E-state index in [2.05, 4.69) is 26.1 Å². The minimum absolute atomic E-state index is 0.643. The van der Waals surface area contributed by atoms with E-state index in [1.807, 2.05) is 34.9 Å². The number of hydrogen-bond donors (Lipinski definition) is 0. The van der Waals surface area contributed by atoms with Gasteiger partial charge in [0.1, 0.15) is 0 Å². The fourth-order valence-corrected chi connectivity index (χ4v) is 1.96. The highest BCUT2D eigenvalue weighted by molar-refractivity contribution is 9.10. The number of nitrogens with zero attached hydrogens (tertiary/aromatic N) is 3. The van der Waals surface area contributed by atoms with Crippen LogP contribution in [0.3, 0.4) is 0 Å². The number of rotatable bonds is 2. The highest BCUT2D eigenvalue weighted by Gasteiger charge is 2.13. The van der Waals surface area contributed by atoms with Gasteiger partial charge in [0, 0.05) is 6.20 Å². The van der Waals surface area contributed by atoms with E-state index in [0.717, 1.165) is 0 Å². The molecule has 0 radical (unpaired) electrons. The van der Waals surface area contributed by atoms with Crippen LogP contribution in [0, 0.1) is 0 Å². The Morgan fingerprint density at radius 2 is 2.18 bits per heavy atom. The lowest BCUT2D eigenvalue weighted by atomic mass is 10.4. The zero-order valence-corrected chi connectivity index (χ0v) is 10.5. The van der Waals surface area contributed by atoms with Crippen molar-refractivity contribution in [2.24, 2.45) is 0 Å². The average Bonchev–Trinajstić information content (AvgIpc) is 2.94. The first-order valence-corrected chi connectivity index (χ1v) is 5.72. The van der Waals surface area contributed by atoms with Crippen LogP contribution in [-0.2, 0) is 0 Å². The minimum Gasteiger partial charge on any atom is -0.493 e. The van der Waals surface area contributed by atoms with Crippen molar-refractivity contribution in [3.8, 4) is 17.3 Å². The van der Waals surface area contributed by atoms with Gasteiger partial charge in [0.05, 0.1) is 7.11 Å². The quantitative estimate of drug-likeness (QED) is 0.729. The van der Waals surface area contributed by atoms with E-state index in [0.29, 0.717) is 27.7 Å². The molecule has 0 bridgehead atoms. The first-order valence-electron chi connectivity index (χ1n) is 4.93. The van der Waals surface area contributed by atoms with Gasteiger partial charge in [0.25, 0.3) is 0 Å². The molecule has 0 amide bonds. The van der Waals surface area contributed by atoms with Gasteiger partial charge in [-0.05, 0) is 40.2 Å². The Morgan fingerprint density at radius 1 is 1.29 bits per heavy atom. The van der Waals surface area contributed by atoms with Crippen LogP contribution in [-0.4, -0.2) is 21.7 Å². The van der Waals surface area contributed by atoms with Gasteiger partial charge in [0.15, 0.2) is 16.2 Å². The van der Waals surface area contributed by atoms with Crippen molar-refractivity contribution in [2.45, 2.75) is 0 Å². The van der Waals surface area contributed by atoms with Crippen molar-refractivity contribution in [1.29, 1.82) is 0 Å². The minimum atomic E-state index is 0.643. The number of aromatic nitrogens is 3. The van der Waals surface area contributed by atoms with Crippen molar-refractivity contribution < 1.29 is 9.15 Å². The molecule has 3 rings (SSSR count). The molecule has 3 heterocycles. The molecular weight excluding hydrogens is 286 g/mol. The van der Waals surface area contributed by atoms with Crippen molar-refractivity contribution >= 4 is 21.6 Å². The highest BCUT2D eigenvalue weighted by Crippen LogP contribution is 2.26. The molecule has 3 aromatic rings. The summed E-state index contributed by atoms with van der Waals surface area (Å²) in [6.07, 6.45) is 1.86. The molecule has 3 aromatic heterocycles. The monoisotopic (exact) mass is 293 g/mol. The second kappa shape index (κ2) is 3.89. The number of furan rings is 1. The molecule has 0 aliphatic rings. The summed E-state index contributed by atoms with van der Waals surface area (Å²) < 4.78 is 13.2. The van der Waals surface area contributed by atoms with Crippen molar-refractivity contribution in [1.82, 2.24) is 14.6 Å². The van der Waals surface area contributed by atoms with E-state index >= 15 is 0 Å². The number of hydrogen-bond acceptors (Lipinski definition) is 4. The fraction of sp³-hybridized carbons (Fsp3) is 0.0909. The fourth-order valence-electron chi connectivity index (χ4n) is 1.65. The summed E-state index contributed by atoms with van der Waals surface area (Å²) in [6.45, 7) is 0. The Bertz CT molecular complexity index is 674. The SMILES string of the molecule is COc1cccn2c(-c3ccc(Br)o3)nnc12. The summed E-state index contributed by atoms with van der Waals surface area (Å²) in [7, 11) is 1.60. The van der Waals surface area contributed by atoms with E-state index in [9.17, 15) is 0 Å². The standard InChI is InChI=1S/C11H8BrN3O2/c1-16-7-3-2-6-15-10(7)13-14-11(15)8-4-5-9(12)17-8/h2-6H,1H3. The van der Waals surface area contributed by atoms with Gasteiger partial charge in [0.2, 0.25) is 11.5 Å². The summed E-state index contributed by atoms with van der Waals surface area (Å²) >= 11 is 3.26. The summed E-state index contributed by atoms with van der Waals surface area (Å²) in [5.41, 5.74) is 0.664. The van der Waals surface area contributed by atoms with Gasteiger partial charge in [-0.25, -0.2) is 0 Å². The molecule has 17 heavy (non-hydrogen) atoms. The Kier molecular flexibility index (Phi) is 2.36. The van der Waals surface area contributed by atoms with Crippen molar-refractivity contribution in [3.63, 3.8) is 0 Å². The first kappa shape index (κ1) is 10.3. The van der Waals surface area contributed by atoms with Crippen LogP contribution in [0.5, 0.6) is 5.75 Å². The normalized spacial score (nSPS) is 10.9. The largest absolute Gasteiger partial charge is 0.493 e. The molecule has 0 spiro atoms. The predicted molar refractivity (Wildman–Crippen MR) is 64.9 cm³/mol. The Balaban J connectivity index is 2.25. The third-order valence-corrected chi connectivity index (χ3v) is 2.84. The lowest BCUT2D eigenvalue weighted by molar-refractivity contribution is 0.417. The van der Waals surface area contributed by atoms with Gasteiger partial charge < -0.3 is 9.15 Å². The first-order chi connectivity index (χ1) is 8.29. The van der Waals surface area contributed by atoms with Crippen molar-refractivity contribution in [3.05, 3.63) is 35.1 Å². The van der Waals surface area contributed by atoms with E-state index < -0.39 is 0 Å². The van der Waals surface area contributed by atoms with Crippen molar-refractivity contribution in [2.75, 3.05) is 7.11 Å². The number of ether oxygens (including phenoxy) is 1. The van der Waals surface area contributed by atoms with Crippen LogP contribution in [0.25, 0.3) is 17.2 Å². The number of methoxy groups -OCH3 is 1. The molecule has 0 saturated heterocycles. The van der Waals surface area contributed by atoms with Gasteiger partial charge in [-0.1, -0.05) is 0 Å². The molecule has 0 N–H and O–H groups in total. The molecule has 0 unspecified atom stereocenters. The van der Waals surface area contributed by atoms with E-state index in [4.69, 9.17) is 9.15 Å². The van der Waals surface area contributed by atoms with Crippen LogP contribution in [0.1, 0.15) is 0 Å². The average molecular weight is 294 g/mol. The maximum absolute atomic E-state index is 5.46. The van der Waals surface area contributed by atoms with Crippen LogP contribution >= 0.6 is 15.9 Å². The maximum atomic E-state index is 5.46. The third kappa shape index (κ3) is 1.61. The van der Waals surface area contributed by atoms with E-state index in [1.54, 1.807) is 7.11 Å². The molecule has 0 fully saturated rings. The topological polar surface area (TPSA) is 52.6 Å². The molecule has 0 aromatic carbocycles. The molecule has 0 saturated carbocycles. The second-order valence-corrected chi connectivity index (χ2v) is 4.18. The summed E-state index contributed by atoms with van der Waals surface area (Å²) in [6, 6.07) is 7.36. The van der Waals surface area contributed by atoms with Gasteiger partial charge >= 0.3 is 0 Å². The van der Waals surface area contributed by atoms with Gasteiger partial charge in [-0.2, -0.15) is 0 Å². The molecule has 0 atom stereocenters. The van der Waals surface area contributed by atoms with Gasteiger partial charge in [-0.3, -0.25) is 4.40 Å². The Hall–Kier alpha value is -1.82. The zero-order chi connectivity index (χ0) is 11.8. The second-order valence-electron chi connectivity index (χ2n) is 3.40. The van der Waals surface area contributed by atoms with Crippen LogP contribution in [0.15, 0.2) is 39.5 Å². The van der Waals surface area contributed by atoms with E-state index in [1.165, 1.54) is 0 Å². The van der Waals surface area contributed by atoms with Crippen LogP contribution < -0.4 is 4.74 Å². The number of halogens is 1. The molecule has 6 heteroatoms. The summed E-state index contributed by atoms with van der Waals surface area (Å²) in [4.78, 5) is 0. The number of fused-ring (bicyclic) bond motifs is 1. The summed E-state index contributed by atoms with van der Waals surface area (Å²) in [5.74, 6) is 1.97. The van der Waals surface area contributed by atoms with Gasteiger partial charge in [-0.15, -0.1) is 10.2 Å². The highest BCUT2D eigenvalue weighted by atomic mass is 79.9. The smallest absolute Gasteiger partial charge is 0.204 e. The molecule has 5 nitrogen and oxygen atoms in total. The summed E-state index contributed by atoms with van der Waals surface area (Å²) in [5, 5.41) is 8.19. The van der Waals surface area contributed by atoms with Crippen LogP contribution in [0.4, 0.5) is 0 Å². The molecule has 0 aliphatic carbocycles. The Morgan fingerprint density at radius 3 is 2.88 bits per heavy atom. The molecule has 86 valence electrons.